The molecule has 0 saturated heterocycles. The van der Waals surface area contributed by atoms with Gasteiger partial charge in [-0.1, -0.05) is 18.2 Å². The maximum absolute atomic E-state index is 13.1. The number of hydrogen-bond donors (Lipinski definition) is 3. The van der Waals surface area contributed by atoms with Crippen LogP contribution in [0.1, 0.15) is 5.69 Å². The number of aromatic amines is 1. The summed E-state index contributed by atoms with van der Waals surface area (Å²) < 4.78 is 8.49. The Kier molecular flexibility index (Phi) is 5.27. The summed E-state index contributed by atoms with van der Waals surface area (Å²) in [5.74, 6) is 1.26. The first-order valence-electron chi connectivity index (χ1n) is 9.50. The van der Waals surface area contributed by atoms with Crippen LogP contribution in [0.5, 0.6) is 5.75 Å². The van der Waals surface area contributed by atoms with Crippen LogP contribution in [0.3, 0.4) is 0 Å². The van der Waals surface area contributed by atoms with Crippen LogP contribution in [0.25, 0.3) is 5.69 Å². The molecule has 31 heavy (non-hydrogen) atoms. The second-order valence-electron chi connectivity index (χ2n) is 6.79. The summed E-state index contributed by atoms with van der Waals surface area (Å²) in [7, 11) is 3.41. The molecule has 0 aliphatic rings. The molecule has 0 radical (unpaired) electrons. The first-order chi connectivity index (χ1) is 15.0. The zero-order valence-corrected chi connectivity index (χ0v) is 17.3. The average molecular weight is 418 g/mol. The van der Waals surface area contributed by atoms with Gasteiger partial charge in [-0.05, 0) is 43.3 Å². The molecular formula is C21H22N8O2. The third-order valence-electron chi connectivity index (χ3n) is 4.90. The van der Waals surface area contributed by atoms with Crippen LogP contribution in [-0.2, 0) is 7.05 Å². The molecule has 0 aliphatic carbocycles. The normalized spacial score (nSPS) is 11.2. The summed E-state index contributed by atoms with van der Waals surface area (Å²) in [6, 6.07) is 16.5. The third kappa shape index (κ3) is 3.78. The molecule has 0 bridgehead atoms. The number of methoxy groups -OCH3 is 1. The summed E-state index contributed by atoms with van der Waals surface area (Å²) in [6.07, 6.45) is 0. The van der Waals surface area contributed by atoms with E-state index in [0.29, 0.717) is 22.9 Å². The minimum atomic E-state index is -0.217. The van der Waals surface area contributed by atoms with E-state index in [1.54, 1.807) is 40.7 Å². The quantitative estimate of drug-likeness (QED) is 0.408. The number of aromatic nitrogens is 4. The molecule has 0 atom stereocenters. The Morgan fingerprint density at radius 3 is 2.48 bits per heavy atom. The van der Waals surface area contributed by atoms with Gasteiger partial charge < -0.3 is 15.8 Å². The Balaban J connectivity index is 1.67. The van der Waals surface area contributed by atoms with E-state index >= 15 is 0 Å². The zero-order valence-electron chi connectivity index (χ0n) is 17.3. The van der Waals surface area contributed by atoms with E-state index in [1.165, 1.54) is 0 Å². The lowest BCUT2D eigenvalue weighted by molar-refractivity contribution is 0.415. The highest BCUT2D eigenvalue weighted by Gasteiger charge is 2.19. The number of anilines is 3. The van der Waals surface area contributed by atoms with E-state index in [0.717, 1.165) is 17.1 Å². The fourth-order valence-corrected chi connectivity index (χ4v) is 3.13. The molecule has 0 fully saturated rings. The maximum atomic E-state index is 13.1. The fraction of sp³-hybridized carbons (Fsp3) is 0.143. The summed E-state index contributed by atoms with van der Waals surface area (Å²) in [6.45, 7) is 1.84. The number of rotatable bonds is 6. The van der Waals surface area contributed by atoms with E-state index in [2.05, 4.69) is 25.7 Å². The molecule has 4 N–H and O–H groups in total. The number of nitrogen functional groups attached to an aromatic ring is 1. The number of H-pyrrole nitrogens is 1. The monoisotopic (exact) mass is 418 g/mol. The highest BCUT2D eigenvalue weighted by molar-refractivity contribution is 5.77. The smallest absolute Gasteiger partial charge is 0.295 e. The van der Waals surface area contributed by atoms with Gasteiger partial charge in [0.05, 0.1) is 24.2 Å². The van der Waals surface area contributed by atoms with Crippen molar-refractivity contribution in [2.24, 2.45) is 17.3 Å². The standard InChI is InChI=1S/C21H22N8O2/c1-13-17(21(30)29(28(13)2)15-7-5-4-6-8-15)23-20-18(19(22)26-27-20)25-24-14-9-11-16(31-3)12-10-14/h4-12H,1-3H3,(H4,22,23,26,27). The Bertz CT molecular complexity index is 1280. The number of nitrogens with two attached hydrogens (primary N) is 1. The van der Waals surface area contributed by atoms with Gasteiger partial charge in [0, 0.05) is 7.05 Å². The van der Waals surface area contributed by atoms with Crippen molar-refractivity contribution in [1.82, 2.24) is 19.6 Å². The van der Waals surface area contributed by atoms with Crippen molar-refractivity contribution in [3.8, 4) is 11.4 Å². The second kappa shape index (κ2) is 8.19. The molecule has 0 spiro atoms. The topological polar surface area (TPSA) is 128 Å². The number of ether oxygens (including phenoxy) is 1. The van der Waals surface area contributed by atoms with Crippen molar-refractivity contribution in [2.45, 2.75) is 6.92 Å². The summed E-state index contributed by atoms with van der Waals surface area (Å²) in [5, 5.41) is 18.3. The summed E-state index contributed by atoms with van der Waals surface area (Å²) >= 11 is 0. The Morgan fingerprint density at radius 2 is 1.81 bits per heavy atom. The molecule has 2 aromatic heterocycles. The summed E-state index contributed by atoms with van der Waals surface area (Å²) in [4.78, 5) is 13.1. The number of azo groups is 1. The van der Waals surface area contributed by atoms with Gasteiger partial charge in [-0.3, -0.25) is 14.6 Å². The lowest BCUT2D eigenvalue weighted by Gasteiger charge is -2.07. The van der Waals surface area contributed by atoms with Crippen molar-refractivity contribution >= 4 is 28.7 Å². The molecule has 158 valence electrons. The van der Waals surface area contributed by atoms with Crippen LogP contribution < -0.4 is 21.3 Å². The Morgan fingerprint density at radius 1 is 1.10 bits per heavy atom. The molecule has 10 heteroatoms. The zero-order chi connectivity index (χ0) is 22.0. The van der Waals surface area contributed by atoms with Gasteiger partial charge in [-0.25, -0.2) is 4.68 Å². The van der Waals surface area contributed by atoms with Gasteiger partial charge >= 0.3 is 0 Å². The van der Waals surface area contributed by atoms with Gasteiger partial charge in [-0.2, -0.15) is 10.2 Å². The lowest BCUT2D eigenvalue weighted by Crippen LogP contribution is -2.20. The predicted molar refractivity (Wildman–Crippen MR) is 119 cm³/mol. The lowest BCUT2D eigenvalue weighted by atomic mass is 10.3. The van der Waals surface area contributed by atoms with Crippen molar-refractivity contribution in [1.29, 1.82) is 0 Å². The first kappa shape index (κ1) is 20.0. The number of para-hydroxylation sites is 1. The van der Waals surface area contributed by atoms with E-state index < -0.39 is 0 Å². The van der Waals surface area contributed by atoms with Crippen molar-refractivity contribution in [3.05, 3.63) is 70.6 Å². The minimum Gasteiger partial charge on any atom is -0.497 e. The van der Waals surface area contributed by atoms with E-state index in [9.17, 15) is 4.79 Å². The van der Waals surface area contributed by atoms with Gasteiger partial charge in [-0.15, -0.1) is 5.11 Å². The largest absolute Gasteiger partial charge is 0.497 e. The second-order valence-corrected chi connectivity index (χ2v) is 6.79. The molecule has 4 aromatic rings. The highest BCUT2D eigenvalue weighted by Crippen LogP contribution is 2.33. The van der Waals surface area contributed by atoms with Gasteiger partial charge in [0.25, 0.3) is 5.56 Å². The van der Waals surface area contributed by atoms with Crippen molar-refractivity contribution in [3.63, 3.8) is 0 Å². The average Bonchev–Trinajstić information content (AvgIpc) is 3.24. The number of nitrogens with one attached hydrogen (secondary N) is 2. The Hall–Kier alpha value is -4.34. The van der Waals surface area contributed by atoms with Crippen molar-refractivity contribution in [2.75, 3.05) is 18.2 Å². The predicted octanol–water partition coefficient (Wildman–Crippen LogP) is 3.96. The van der Waals surface area contributed by atoms with Crippen LogP contribution in [-0.4, -0.2) is 26.7 Å². The van der Waals surface area contributed by atoms with Gasteiger partial charge in [0.2, 0.25) is 0 Å². The molecule has 0 saturated carbocycles. The third-order valence-corrected chi connectivity index (χ3v) is 4.90. The first-order valence-corrected chi connectivity index (χ1v) is 9.50. The molecular weight excluding hydrogens is 396 g/mol. The van der Waals surface area contributed by atoms with Crippen LogP contribution in [0.15, 0.2) is 69.6 Å². The molecule has 0 amide bonds. The Labute approximate surface area is 178 Å². The van der Waals surface area contributed by atoms with Crippen LogP contribution in [0.4, 0.5) is 28.7 Å². The molecule has 0 unspecified atom stereocenters. The number of hydrogen-bond acceptors (Lipinski definition) is 7. The molecule has 4 rings (SSSR count). The van der Waals surface area contributed by atoms with Gasteiger partial charge in [0.15, 0.2) is 11.5 Å². The SMILES string of the molecule is COc1ccc(N=Nc2c(Nc3c(C)n(C)n(-c4ccccc4)c3=O)n[nH]c2N)cc1. The molecule has 2 aromatic carbocycles. The van der Waals surface area contributed by atoms with E-state index in [-0.39, 0.29) is 11.4 Å². The van der Waals surface area contributed by atoms with Crippen molar-refractivity contribution < 1.29 is 4.74 Å². The highest BCUT2D eigenvalue weighted by atomic mass is 16.5. The maximum Gasteiger partial charge on any atom is 0.295 e. The number of benzene rings is 2. The van der Waals surface area contributed by atoms with Crippen LogP contribution >= 0.6 is 0 Å². The molecule has 0 aliphatic heterocycles. The molecule has 2 heterocycles. The molecule has 10 nitrogen and oxygen atoms in total. The van der Waals surface area contributed by atoms with Crippen LogP contribution in [0, 0.1) is 6.92 Å². The summed E-state index contributed by atoms with van der Waals surface area (Å²) in [5.41, 5.74) is 8.56. The fourth-order valence-electron chi connectivity index (χ4n) is 3.13. The van der Waals surface area contributed by atoms with E-state index in [4.69, 9.17) is 10.5 Å². The van der Waals surface area contributed by atoms with Gasteiger partial charge in [0.1, 0.15) is 17.3 Å². The minimum absolute atomic E-state index is 0.217. The van der Waals surface area contributed by atoms with Crippen LogP contribution in [0.2, 0.25) is 0 Å². The number of nitrogens with zero attached hydrogens (tertiary/aromatic N) is 5. The van der Waals surface area contributed by atoms with E-state index in [1.807, 2.05) is 44.3 Å².